The fourth-order valence-corrected chi connectivity index (χ4v) is 2.83. The van der Waals surface area contributed by atoms with E-state index in [0.717, 1.165) is 0 Å². The third kappa shape index (κ3) is 1.32. The van der Waals surface area contributed by atoms with Gasteiger partial charge in [0.2, 0.25) is 0 Å². The molecule has 10 heavy (non-hydrogen) atoms. The van der Waals surface area contributed by atoms with Gasteiger partial charge >= 0.3 is 0 Å². The molecule has 0 saturated heterocycles. The predicted molar refractivity (Wildman–Crippen MR) is 46.4 cm³/mol. The third-order valence-corrected chi connectivity index (χ3v) is 3.42. The van der Waals surface area contributed by atoms with Gasteiger partial charge in [-0.3, -0.25) is 0 Å². The average Bonchev–Trinajstić information content (AvgIpc) is 2.11. The van der Waals surface area contributed by atoms with E-state index in [1.54, 1.807) is 6.26 Å². The van der Waals surface area contributed by atoms with Crippen LogP contribution in [0.15, 0.2) is 16.7 Å². The van der Waals surface area contributed by atoms with E-state index in [-0.39, 0.29) is 0 Å². The quantitative estimate of drug-likeness (QED) is 0.565. The number of hydrogen-bond acceptors (Lipinski definition) is 1. The fraction of sp³-hybridized carbons (Fsp3) is 0.500. The molecule has 1 rings (SSSR count). The van der Waals surface area contributed by atoms with Crippen LogP contribution in [-0.2, 0) is 0 Å². The Hall–Kier alpha value is -0.503. The highest BCUT2D eigenvalue weighted by Crippen LogP contribution is 2.06. The molecule has 0 spiro atoms. The summed E-state index contributed by atoms with van der Waals surface area (Å²) < 4.78 is 5.39. The molecule has 1 aromatic rings. The molecule has 0 aliphatic carbocycles. The Morgan fingerprint density at radius 3 is 2.10 bits per heavy atom. The van der Waals surface area contributed by atoms with Gasteiger partial charge in [0.1, 0.15) is 8.07 Å². The second kappa shape index (κ2) is 2.27. The maximum atomic E-state index is 5.39. The minimum Gasteiger partial charge on any atom is -0.474 e. The molecule has 0 fully saturated rings. The molecule has 1 nitrogen and oxygen atoms in total. The number of hydrogen-bond donors (Lipinski definition) is 0. The van der Waals surface area contributed by atoms with E-state index in [2.05, 4.69) is 26.6 Å². The molecule has 2 heteroatoms. The summed E-state index contributed by atoms with van der Waals surface area (Å²) in [5.41, 5.74) is 1.30. The monoisotopic (exact) mass is 154 g/mol. The Bertz CT molecular complexity index is 219. The van der Waals surface area contributed by atoms with Crippen LogP contribution < -0.4 is 5.38 Å². The van der Waals surface area contributed by atoms with Crippen molar-refractivity contribution in [1.29, 1.82) is 0 Å². The Morgan fingerprint density at radius 1 is 1.30 bits per heavy atom. The maximum absolute atomic E-state index is 5.39. The van der Waals surface area contributed by atoms with Gasteiger partial charge in [-0.2, -0.15) is 0 Å². The molecule has 0 aromatic carbocycles. The Kier molecular flexibility index (Phi) is 1.73. The van der Waals surface area contributed by atoms with Crippen LogP contribution in [0, 0.1) is 6.92 Å². The number of furan rings is 1. The average molecular weight is 154 g/mol. The van der Waals surface area contributed by atoms with Crippen molar-refractivity contribution in [3.05, 3.63) is 17.9 Å². The van der Waals surface area contributed by atoms with Gasteiger partial charge in [0.15, 0.2) is 0 Å². The van der Waals surface area contributed by atoms with Crippen LogP contribution in [0.5, 0.6) is 0 Å². The summed E-state index contributed by atoms with van der Waals surface area (Å²) in [6.45, 7) is 8.98. The van der Waals surface area contributed by atoms with E-state index < -0.39 is 8.07 Å². The van der Waals surface area contributed by atoms with Crippen molar-refractivity contribution >= 4 is 13.5 Å². The highest BCUT2D eigenvalue weighted by Gasteiger charge is 2.21. The SMILES string of the molecule is Cc1ccoc1[Si](C)(C)C. The first-order valence-electron chi connectivity index (χ1n) is 3.56. The lowest BCUT2D eigenvalue weighted by atomic mass is 10.4. The Balaban J connectivity index is 3.05. The molecule has 1 aromatic heterocycles. The van der Waals surface area contributed by atoms with E-state index in [4.69, 9.17) is 4.42 Å². The highest BCUT2D eigenvalue weighted by molar-refractivity contribution is 6.88. The van der Waals surface area contributed by atoms with E-state index >= 15 is 0 Å². The second-order valence-electron chi connectivity index (χ2n) is 3.68. The Labute approximate surface area is 63.1 Å². The maximum Gasteiger partial charge on any atom is 0.123 e. The van der Waals surface area contributed by atoms with Crippen LogP contribution in [0.25, 0.3) is 0 Å². The molecular weight excluding hydrogens is 140 g/mol. The first-order chi connectivity index (χ1) is 4.52. The minimum atomic E-state index is -1.19. The molecule has 0 amide bonds. The van der Waals surface area contributed by atoms with Crippen LogP contribution in [0.2, 0.25) is 19.6 Å². The molecular formula is C8H14OSi. The molecule has 1 heterocycles. The van der Waals surface area contributed by atoms with Gasteiger partial charge in [-0.25, -0.2) is 0 Å². The number of aryl methyl sites for hydroxylation is 1. The Morgan fingerprint density at radius 2 is 1.90 bits per heavy atom. The molecule has 0 bridgehead atoms. The van der Waals surface area contributed by atoms with Gasteiger partial charge in [-0.1, -0.05) is 19.6 Å². The van der Waals surface area contributed by atoms with Gasteiger partial charge in [0, 0.05) is 0 Å². The lowest BCUT2D eigenvalue weighted by Crippen LogP contribution is -2.37. The lowest BCUT2D eigenvalue weighted by Gasteiger charge is -2.12. The summed E-state index contributed by atoms with van der Waals surface area (Å²) in [6.07, 6.45) is 1.78. The normalized spacial score (nSPS) is 12.0. The molecule has 0 saturated carbocycles. The summed E-state index contributed by atoms with van der Waals surface area (Å²) in [4.78, 5) is 0. The van der Waals surface area contributed by atoms with Crippen LogP contribution >= 0.6 is 0 Å². The van der Waals surface area contributed by atoms with Gasteiger partial charge in [0.05, 0.1) is 11.6 Å². The molecule has 0 atom stereocenters. The molecule has 0 unspecified atom stereocenters. The fourth-order valence-electron chi connectivity index (χ4n) is 1.14. The number of rotatable bonds is 1. The van der Waals surface area contributed by atoms with E-state index in [1.165, 1.54) is 10.9 Å². The van der Waals surface area contributed by atoms with Crippen molar-refractivity contribution in [3.63, 3.8) is 0 Å². The first-order valence-corrected chi connectivity index (χ1v) is 7.06. The molecule has 0 radical (unpaired) electrons. The molecule has 0 aliphatic rings. The standard InChI is InChI=1S/C8H14OSi/c1-7-5-6-9-8(7)10(2,3)4/h5-6H,1-4H3. The van der Waals surface area contributed by atoms with Crippen molar-refractivity contribution in [2.75, 3.05) is 0 Å². The van der Waals surface area contributed by atoms with E-state index in [1.807, 2.05) is 6.07 Å². The van der Waals surface area contributed by atoms with E-state index in [0.29, 0.717) is 0 Å². The van der Waals surface area contributed by atoms with Crippen LogP contribution in [0.3, 0.4) is 0 Å². The van der Waals surface area contributed by atoms with Crippen molar-refractivity contribution in [3.8, 4) is 0 Å². The summed E-state index contributed by atoms with van der Waals surface area (Å²) in [6, 6.07) is 2.04. The van der Waals surface area contributed by atoms with Gasteiger partial charge in [-0.15, -0.1) is 0 Å². The molecule has 56 valence electrons. The van der Waals surface area contributed by atoms with Gasteiger partial charge in [-0.05, 0) is 18.6 Å². The zero-order chi connectivity index (χ0) is 7.78. The smallest absolute Gasteiger partial charge is 0.123 e. The lowest BCUT2D eigenvalue weighted by molar-refractivity contribution is 0.596. The van der Waals surface area contributed by atoms with Crippen molar-refractivity contribution in [2.45, 2.75) is 26.6 Å². The van der Waals surface area contributed by atoms with Gasteiger partial charge < -0.3 is 4.42 Å². The zero-order valence-corrected chi connectivity index (χ0v) is 8.06. The van der Waals surface area contributed by atoms with Crippen LogP contribution in [0.1, 0.15) is 5.56 Å². The van der Waals surface area contributed by atoms with Crippen molar-refractivity contribution in [1.82, 2.24) is 0 Å². The summed E-state index contributed by atoms with van der Waals surface area (Å²) in [5, 5.41) is 1.23. The zero-order valence-electron chi connectivity index (χ0n) is 7.06. The van der Waals surface area contributed by atoms with Gasteiger partial charge in [0.25, 0.3) is 0 Å². The predicted octanol–water partition coefficient (Wildman–Crippen LogP) is 2.13. The van der Waals surface area contributed by atoms with Crippen LogP contribution in [0.4, 0.5) is 0 Å². The summed E-state index contributed by atoms with van der Waals surface area (Å²) >= 11 is 0. The third-order valence-electron chi connectivity index (χ3n) is 1.54. The first kappa shape index (κ1) is 7.60. The topological polar surface area (TPSA) is 13.1 Å². The minimum absolute atomic E-state index is 1.19. The summed E-state index contributed by atoms with van der Waals surface area (Å²) in [7, 11) is -1.19. The van der Waals surface area contributed by atoms with E-state index in [9.17, 15) is 0 Å². The summed E-state index contributed by atoms with van der Waals surface area (Å²) in [5.74, 6) is 0. The molecule has 0 aliphatic heterocycles. The largest absolute Gasteiger partial charge is 0.474 e. The van der Waals surface area contributed by atoms with Crippen molar-refractivity contribution < 1.29 is 4.42 Å². The molecule has 0 N–H and O–H groups in total. The van der Waals surface area contributed by atoms with Crippen LogP contribution in [-0.4, -0.2) is 8.07 Å². The highest BCUT2D eigenvalue weighted by atomic mass is 28.3. The van der Waals surface area contributed by atoms with Crippen molar-refractivity contribution in [2.24, 2.45) is 0 Å². The second-order valence-corrected chi connectivity index (χ2v) is 8.64.